The highest BCUT2D eigenvalue weighted by molar-refractivity contribution is 6.30. The molecule has 1 aromatic carbocycles. The number of morpholine rings is 1. The van der Waals surface area contributed by atoms with Crippen molar-refractivity contribution < 1.29 is 19.1 Å². The third kappa shape index (κ3) is 7.09. The molecule has 0 saturated carbocycles. The van der Waals surface area contributed by atoms with Gasteiger partial charge in [-0.15, -0.1) is 0 Å². The van der Waals surface area contributed by atoms with Gasteiger partial charge in [0.25, 0.3) is 0 Å². The second-order valence-corrected chi connectivity index (χ2v) is 9.35. The normalized spacial score (nSPS) is 22.1. The molecule has 1 unspecified atom stereocenters. The molecule has 1 aromatic rings. The number of benzene rings is 1. The molecule has 0 radical (unpaired) electrons. The number of unbranched alkanes of at least 4 members (excludes halogenated alkanes) is 2. The maximum Gasteiger partial charge on any atom is 0.225 e. The predicted octanol–water partition coefficient (Wildman–Crippen LogP) is 3.06. The number of carbonyl (C=O) groups excluding carboxylic acids is 2. The zero-order valence-corrected chi connectivity index (χ0v) is 20.1. The van der Waals surface area contributed by atoms with E-state index in [-0.39, 0.29) is 24.8 Å². The molecule has 3 rings (SSSR count). The van der Waals surface area contributed by atoms with Crippen LogP contribution in [0.1, 0.15) is 39.0 Å². The number of hydrogen-bond acceptors (Lipinski definition) is 5. The fraction of sp³-hybridized carbons (Fsp3) is 0.667. The molecule has 0 aromatic heterocycles. The minimum absolute atomic E-state index is 0.0491. The van der Waals surface area contributed by atoms with E-state index < -0.39 is 5.60 Å². The molecule has 7 nitrogen and oxygen atoms in total. The third-order valence-corrected chi connectivity index (χ3v) is 6.46. The average Bonchev–Trinajstić information content (AvgIpc) is 2.78. The van der Waals surface area contributed by atoms with Crippen LogP contribution in [0.25, 0.3) is 0 Å². The first kappa shape index (κ1) is 24.8. The molecule has 32 heavy (non-hydrogen) atoms. The molecule has 0 bridgehead atoms. The standard InChI is InChI=1S/C24H36ClN3O4/c1-3-4-5-9-22(29)28-14-15-32-24(18-28,19-31-21-8-6-7-20(25)16-21)17-23(30)27-12-10-26(2)11-13-27/h6-8,16H,3-5,9-15,17-19H2,1-2H3. The smallest absolute Gasteiger partial charge is 0.225 e. The highest BCUT2D eigenvalue weighted by Crippen LogP contribution is 2.27. The summed E-state index contributed by atoms with van der Waals surface area (Å²) in [6.07, 6.45) is 3.73. The molecule has 0 aliphatic carbocycles. The number of halogens is 1. The fourth-order valence-corrected chi connectivity index (χ4v) is 4.38. The number of hydrogen-bond donors (Lipinski definition) is 0. The summed E-state index contributed by atoms with van der Waals surface area (Å²) in [4.78, 5) is 32.0. The van der Waals surface area contributed by atoms with Crippen molar-refractivity contribution in [1.29, 1.82) is 0 Å². The van der Waals surface area contributed by atoms with Gasteiger partial charge in [-0.25, -0.2) is 0 Å². The van der Waals surface area contributed by atoms with Crippen molar-refractivity contribution in [3.05, 3.63) is 29.3 Å². The Morgan fingerprint density at radius 1 is 1.09 bits per heavy atom. The first-order chi connectivity index (χ1) is 15.4. The summed E-state index contributed by atoms with van der Waals surface area (Å²) in [5, 5.41) is 0.586. The number of ether oxygens (including phenoxy) is 2. The van der Waals surface area contributed by atoms with E-state index in [0.29, 0.717) is 50.0 Å². The van der Waals surface area contributed by atoms with Crippen LogP contribution in [0.15, 0.2) is 24.3 Å². The molecule has 2 heterocycles. The summed E-state index contributed by atoms with van der Waals surface area (Å²) in [5.74, 6) is 0.799. The SMILES string of the molecule is CCCCCC(=O)N1CCOC(COc2cccc(Cl)c2)(CC(=O)N2CCN(C)CC2)C1. The van der Waals surface area contributed by atoms with E-state index in [9.17, 15) is 9.59 Å². The molecule has 2 aliphatic rings. The van der Waals surface area contributed by atoms with Gasteiger partial charge in [0, 0.05) is 44.2 Å². The number of carbonyl (C=O) groups is 2. The minimum atomic E-state index is -0.874. The largest absolute Gasteiger partial charge is 0.490 e. The fourth-order valence-electron chi connectivity index (χ4n) is 4.20. The maximum atomic E-state index is 13.2. The summed E-state index contributed by atoms with van der Waals surface area (Å²) in [6.45, 7) is 6.76. The lowest BCUT2D eigenvalue weighted by atomic mass is 9.96. The van der Waals surface area contributed by atoms with Crippen LogP contribution in [0.5, 0.6) is 5.75 Å². The van der Waals surface area contributed by atoms with Crippen LogP contribution in [-0.4, -0.2) is 91.6 Å². The summed E-state index contributed by atoms with van der Waals surface area (Å²) in [7, 11) is 2.06. The average molecular weight is 466 g/mol. The number of piperazine rings is 1. The monoisotopic (exact) mass is 465 g/mol. The first-order valence-corrected chi connectivity index (χ1v) is 12.0. The van der Waals surface area contributed by atoms with Gasteiger partial charge in [-0.3, -0.25) is 9.59 Å². The van der Waals surface area contributed by atoms with Crippen molar-refractivity contribution >= 4 is 23.4 Å². The molecule has 2 aliphatic heterocycles. The Morgan fingerprint density at radius 2 is 1.88 bits per heavy atom. The van der Waals surface area contributed by atoms with Gasteiger partial charge in [0.2, 0.25) is 11.8 Å². The molecule has 178 valence electrons. The Labute approximate surface area is 196 Å². The molecular weight excluding hydrogens is 430 g/mol. The number of amides is 2. The molecule has 0 spiro atoms. The van der Waals surface area contributed by atoms with Crippen molar-refractivity contribution in [2.24, 2.45) is 0 Å². The van der Waals surface area contributed by atoms with Gasteiger partial charge in [-0.1, -0.05) is 37.4 Å². The van der Waals surface area contributed by atoms with Gasteiger partial charge in [-0.05, 0) is 31.7 Å². The second-order valence-electron chi connectivity index (χ2n) is 8.91. The van der Waals surface area contributed by atoms with Crippen molar-refractivity contribution in [3.8, 4) is 5.75 Å². The van der Waals surface area contributed by atoms with Crippen LogP contribution >= 0.6 is 11.6 Å². The number of rotatable bonds is 9. The lowest BCUT2D eigenvalue weighted by molar-refractivity contribution is -0.166. The van der Waals surface area contributed by atoms with E-state index in [0.717, 1.165) is 32.4 Å². The molecule has 8 heteroatoms. The summed E-state index contributed by atoms with van der Waals surface area (Å²) >= 11 is 6.09. The van der Waals surface area contributed by atoms with Crippen molar-refractivity contribution in [3.63, 3.8) is 0 Å². The minimum Gasteiger partial charge on any atom is -0.490 e. The van der Waals surface area contributed by atoms with Crippen LogP contribution < -0.4 is 4.74 Å². The van der Waals surface area contributed by atoms with Crippen LogP contribution in [0.4, 0.5) is 0 Å². The topological polar surface area (TPSA) is 62.3 Å². The van der Waals surface area contributed by atoms with Crippen molar-refractivity contribution in [2.45, 2.75) is 44.6 Å². The first-order valence-electron chi connectivity index (χ1n) is 11.7. The zero-order valence-electron chi connectivity index (χ0n) is 19.4. The van der Waals surface area contributed by atoms with Crippen LogP contribution in [-0.2, 0) is 14.3 Å². The summed E-state index contributed by atoms with van der Waals surface area (Å²) < 4.78 is 12.2. The van der Waals surface area contributed by atoms with E-state index in [2.05, 4.69) is 18.9 Å². The zero-order chi connectivity index (χ0) is 23.0. The lowest BCUT2D eigenvalue weighted by Gasteiger charge is -2.43. The van der Waals surface area contributed by atoms with Crippen LogP contribution in [0, 0.1) is 0 Å². The summed E-state index contributed by atoms with van der Waals surface area (Å²) in [5.41, 5.74) is -0.874. The molecular formula is C24H36ClN3O4. The van der Waals surface area contributed by atoms with E-state index in [1.54, 1.807) is 12.1 Å². The van der Waals surface area contributed by atoms with Crippen molar-refractivity contribution in [2.75, 3.05) is 59.5 Å². The van der Waals surface area contributed by atoms with Gasteiger partial charge >= 0.3 is 0 Å². The Hall–Kier alpha value is -1.83. The third-order valence-electron chi connectivity index (χ3n) is 6.22. The molecule has 2 amide bonds. The maximum absolute atomic E-state index is 13.2. The van der Waals surface area contributed by atoms with Crippen molar-refractivity contribution in [1.82, 2.24) is 14.7 Å². The molecule has 0 N–H and O–H groups in total. The van der Waals surface area contributed by atoms with Crippen LogP contribution in [0.2, 0.25) is 5.02 Å². The number of likely N-dealkylation sites (N-methyl/N-ethyl adjacent to an activating group) is 1. The van der Waals surface area contributed by atoms with E-state index in [1.165, 1.54) is 0 Å². The van der Waals surface area contributed by atoms with Gasteiger partial charge < -0.3 is 24.2 Å². The summed E-state index contributed by atoms with van der Waals surface area (Å²) in [6, 6.07) is 7.19. The highest BCUT2D eigenvalue weighted by atomic mass is 35.5. The van der Waals surface area contributed by atoms with Gasteiger partial charge in [0.05, 0.1) is 19.6 Å². The number of nitrogens with zero attached hydrogens (tertiary/aromatic N) is 3. The second kappa shape index (κ2) is 11.9. The highest BCUT2D eigenvalue weighted by Gasteiger charge is 2.42. The van der Waals surface area contributed by atoms with E-state index >= 15 is 0 Å². The molecule has 2 fully saturated rings. The predicted molar refractivity (Wildman–Crippen MR) is 125 cm³/mol. The van der Waals surface area contributed by atoms with Gasteiger partial charge in [-0.2, -0.15) is 0 Å². The molecule has 2 saturated heterocycles. The van der Waals surface area contributed by atoms with Crippen LogP contribution in [0.3, 0.4) is 0 Å². The molecule has 1 atom stereocenters. The Bertz CT molecular complexity index is 769. The quantitative estimate of drug-likeness (QED) is 0.524. The Kier molecular flexibility index (Phi) is 9.20. The van der Waals surface area contributed by atoms with E-state index in [4.69, 9.17) is 21.1 Å². The van der Waals surface area contributed by atoms with E-state index in [1.807, 2.05) is 21.9 Å². The van der Waals surface area contributed by atoms with Gasteiger partial charge in [0.1, 0.15) is 18.0 Å². The Balaban J connectivity index is 1.70. The Morgan fingerprint density at radius 3 is 2.59 bits per heavy atom. The van der Waals surface area contributed by atoms with Gasteiger partial charge in [0.15, 0.2) is 0 Å². The lowest BCUT2D eigenvalue weighted by Crippen LogP contribution is -2.59.